The summed E-state index contributed by atoms with van der Waals surface area (Å²) in [6.45, 7) is 4.36. The maximum atomic E-state index is 13.7. The second-order valence-electron chi connectivity index (χ2n) is 10.1. The number of benzene rings is 3. The zero-order valence-corrected chi connectivity index (χ0v) is 19.8. The van der Waals surface area contributed by atoms with E-state index in [0.29, 0.717) is 13.1 Å². The summed E-state index contributed by atoms with van der Waals surface area (Å²) in [6, 6.07) is 27.8. The molecule has 0 radical (unpaired) electrons. The second kappa shape index (κ2) is 9.59. The fraction of sp³-hybridized carbons (Fsp3) is 0.345. The summed E-state index contributed by atoms with van der Waals surface area (Å²) < 4.78 is 14.5. The molecule has 176 valence electrons. The number of nitrogens with zero attached hydrogens (tertiary/aromatic N) is 3. The summed E-state index contributed by atoms with van der Waals surface area (Å²) >= 11 is 0. The first-order valence-electron chi connectivity index (χ1n) is 12.2. The Bertz CT molecular complexity index is 1100. The molecule has 2 aliphatic heterocycles. The molecule has 5 rings (SSSR count). The van der Waals surface area contributed by atoms with Crippen LogP contribution >= 0.6 is 0 Å². The lowest BCUT2D eigenvalue weighted by atomic mass is 9.99. The van der Waals surface area contributed by atoms with Crippen LogP contribution in [0.1, 0.15) is 35.6 Å². The van der Waals surface area contributed by atoms with Crippen molar-refractivity contribution in [1.29, 1.82) is 0 Å². The number of halogens is 1. The highest BCUT2D eigenvalue weighted by molar-refractivity contribution is 5.78. The highest BCUT2D eigenvalue weighted by atomic mass is 19.1. The van der Waals surface area contributed by atoms with Crippen molar-refractivity contribution in [2.75, 3.05) is 26.7 Å². The minimum absolute atomic E-state index is 0.00544. The maximum Gasteiger partial charge on any atom is 0.321 e. The van der Waals surface area contributed by atoms with Crippen LogP contribution in [0.2, 0.25) is 0 Å². The Morgan fingerprint density at radius 1 is 0.853 bits per heavy atom. The molecule has 1 atom stereocenters. The second-order valence-corrected chi connectivity index (χ2v) is 10.1. The number of rotatable bonds is 6. The van der Waals surface area contributed by atoms with Crippen molar-refractivity contribution in [3.63, 3.8) is 0 Å². The lowest BCUT2D eigenvalue weighted by Crippen LogP contribution is -2.54. The number of hydrogen-bond donors (Lipinski definition) is 0. The van der Waals surface area contributed by atoms with Crippen LogP contribution < -0.4 is 0 Å². The van der Waals surface area contributed by atoms with Gasteiger partial charge >= 0.3 is 6.03 Å². The quantitative estimate of drug-likeness (QED) is 0.440. The molecule has 0 bridgehead atoms. The molecule has 4 nitrogen and oxygen atoms in total. The van der Waals surface area contributed by atoms with Crippen molar-refractivity contribution >= 4 is 6.03 Å². The predicted molar refractivity (Wildman–Crippen MR) is 132 cm³/mol. The Labute approximate surface area is 201 Å². The summed E-state index contributed by atoms with van der Waals surface area (Å²) in [5, 5.41) is 0. The van der Waals surface area contributed by atoms with Crippen molar-refractivity contribution < 1.29 is 13.7 Å². The van der Waals surface area contributed by atoms with Gasteiger partial charge in [0.05, 0.1) is 26.2 Å². The topological polar surface area (TPSA) is 23.6 Å². The summed E-state index contributed by atoms with van der Waals surface area (Å²) in [7, 11) is 2.34. The number of piperidine rings is 1. The van der Waals surface area contributed by atoms with Gasteiger partial charge < -0.3 is 14.3 Å². The van der Waals surface area contributed by atoms with Gasteiger partial charge in [0, 0.05) is 37.5 Å². The molecule has 3 aromatic carbocycles. The highest BCUT2D eigenvalue weighted by Gasteiger charge is 2.43. The fourth-order valence-electron chi connectivity index (χ4n) is 5.56. The van der Waals surface area contributed by atoms with Crippen molar-refractivity contribution in [1.82, 2.24) is 9.80 Å². The third-order valence-electron chi connectivity index (χ3n) is 7.54. The molecule has 2 saturated heterocycles. The standard InChI is InChI=1S/C29H33FN3O/c1-33(22-24-8-4-2-5-9-24)18-16-27(17-19-33)31-21-28(25-10-6-3-7-11-25)32(29(31)34)20-23-12-14-26(30)15-13-23/h2-15,27-28H,16-22H2,1H3/q+1. The third kappa shape index (κ3) is 4.85. The molecule has 2 fully saturated rings. The zero-order valence-electron chi connectivity index (χ0n) is 19.8. The molecule has 2 aliphatic rings. The van der Waals surface area contributed by atoms with Crippen molar-refractivity contribution in [2.24, 2.45) is 0 Å². The first-order chi connectivity index (χ1) is 16.5. The molecule has 3 aromatic rings. The van der Waals surface area contributed by atoms with Gasteiger partial charge in [-0.2, -0.15) is 0 Å². The maximum absolute atomic E-state index is 13.7. The number of quaternary nitrogens is 1. The summed E-state index contributed by atoms with van der Waals surface area (Å²) in [5.74, 6) is -0.253. The van der Waals surface area contributed by atoms with E-state index in [2.05, 4.69) is 54.4 Å². The minimum Gasteiger partial charge on any atom is -0.322 e. The number of likely N-dealkylation sites (tertiary alicyclic amines) is 1. The van der Waals surface area contributed by atoms with E-state index in [9.17, 15) is 9.18 Å². The number of amides is 2. The first-order valence-corrected chi connectivity index (χ1v) is 12.2. The molecule has 2 amide bonds. The molecular formula is C29H33FN3O+. The van der Waals surface area contributed by atoms with Gasteiger partial charge in [0.25, 0.3) is 0 Å². The van der Waals surface area contributed by atoms with Gasteiger partial charge in [0.1, 0.15) is 12.4 Å². The minimum atomic E-state index is -0.253. The van der Waals surface area contributed by atoms with Gasteiger partial charge in [-0.1, -0.05) is 72.8 Å². The Morgan fingerprint density at radius 3 is 2.12 bits per heavy atom. The number of urea groups is 1. The molecule has 0 aromatic heterocycles. The SMILES string of the molecule is C[N+]1(Cc2ccccc2)CCC(N2CC(c3ccccc3)N(Cc3ccc(F)cc3)C2=O)CC1. The third-order valence-corrected chi connectivity index (χ3v) is 7.54. The van der Waals surface area contributed by atoms with Crippen LogP contribution in [0, 0.1) is 5.82 Å². The van der Waals surface area contributed by atoms with Gasteiger partial charge in [-0.3, -0.25) is 0 Å². The van der Waals surface area contributed by atoms with E-state index in [1.807, 2.05) is 23.1 Å². The summed E-state index contributed by atoms with van der Waals surface area (Å²) in [6.07, 6.45) is 2.03. The van der Waals surface area contributed by atoms with E-state index in [1.165, 1.54) is 17.7 Å². The van der Waals surface area contributed by atoms with Gasteiger partial charge in [-0.25, -0.2) is 9.18 Å². The normalized spacial score (nSPS) is 25.1. The van der Waals surface area contributed by atoms with Gasteiger partial charge in [0.2, 0.25) is 0 Å². The zero-order chi connectivity index (χ0) is 23.5. The van der Waals surface area contributed by atoms with Crippen LogP contribution in [-0.2, 0) is 13.1 Å². The van der Waals surface area contributed by atoms with Crippen LogP contribution in [0.3, 0.4) is 0 Å². The first kappa shape index (κ1) is 22.6. The largest absolute Gasteiger partial charge is 0.322 e. The highest BCUT2D eigenvalue weighted by Crippen LogP contribution is 2.35. The molecule has 1 unspecified atom stereocenters. The molecule has 0 aliphatic carbocycles. The summed E-state index contributed by atoms with van der Waals surface area (Å²) in [5.41, 5.74) is 3.48. The van der Waals surface area contributed by atoms with E-state index < -0.39 is 0 Å². The summed E-state index contributed by atoms with van der Waals surface area (Å²) in [4.78, 5) is 17.8. The van der Waals surface area contributed by atoms with E-state index in [0.717, 1.165) is 48.1 Å². The van der Waals surface area contributed by atoms with Crippen molar-refractivity contribution in [3.05, 3.63) is 107 Å². The molecule has 34 heavy (non-hydrogen) atoms. The molecule has 0 N–H and O–H groups in total. The lowest BCUT2D eigenvalue weighted by molar-refractivity contribution is -0.927. The van der Waals surface area contributed by atoms with Crippen LogP contribution in [0.25, 0.3) is 0 Å². The van der Waals surface area contributed by atoms with Crippen LogP contribution in [0.5, 0.6) is 0 Å². The lowest BCUT2D eigenvalue weighted by Gasteiger charge is -2.42. The average Bonchev–Trinajstić information content (AvgIpc) is 3.18. The predicted octanol–water partition coefficient (Wildman–Crippen LogP) is 5.61. The van der Waals surface area contributed by atoms with Crippen molar-refractivity contribution in [3.8, 4) is 0 Å². The Balaban J connectivity index is 1.31. The fourth-order valence-corrected chi connectivity index (χ4v) is 5.56. The Kier molecular flexibility index (Phi) is 6.38. The molecular weight excluding hydrogens is 425 g/mol. The van der Waals surface area contributed by atoms with E-state index >= 15 is 0 Å². The van der Waals surface area contributed by atoms with E-state index in [4.69, 9.17) is 0 Å². The van der Waals surface area contributed by atoms with Crippen LogP contribution in [0.15, 0.2) is 84.9 Å². The van der Waals surface area contributed by atoms with E-state index in [-0.39, 0.29) is 23.9 Å². The molecule has 0 saturated carbocycles. The Morgan fingerprint density at radius 2 is 1.47 bits per heavy atom. The average molecular weight is 459 g/mol. The molecule has 0 spiro atoms. The van der Waals surface area contributed by atoms with Gasteiger partial charge in [0.15, 0.2) is 0 Å². The molecule has 5 heteroatoms. The van der Waals surface area contributed by atoms with Gasteiger partial charge in [-0.05, 0) is 23.3 Å². The number of hydrogen-bond acceptors (Lipinski definition) is 1. The van der Waals surface area contributed by atoms with Gasteiger partial charge in [-0.15, -0.1) is 0 Å². The smallest absolute Gasteiger partial charge is 0.321 e. The van der Waals surface area contributed by atoms with Crippen LogP contribution in [0.4, 0.5) is 9.18 Å². The number of carbonyl (C=O) groups excluding carboxylic acids is 1. The number of carbonyl (C=O) groups is 1. The van der Waals surface area contributed by atoms with E-state index in [1.54, 1.807) is 12.1 Å². The van der Waals surface area contributed by atoms with Crippen LogP contribution in [-0.4, -0.2) is 53.0 Å². The van der Waals surface area contributed by atoms with Crippen molar-refractivity contribution in [2.45, 2.75) is 38.0 Å². The molecule has 2 heterocycles. The monoisotopic (exact) mass is 458 g/mol. The Hall–Kier alpha value is -3.18.